The van der Waals surface area contributed by atoms with Crippen molar-refractivity contribution in [2.75, 3.05) is 7.11 Å². The topological polar surface area (TPSA) is 62.1 Å². The first kappa shape index (κ1) is 16.2. The molecule has 0 unspecified atom stereocenters. The predicted octanol–water partition coefficient (Wildman–Crippen LogP) is 3.56. The second-order valence-corrected chi connectivity index (χ2v) is 5.84. The fraction of sp³-hybridized carbons (Fsp3) is 0.389. The van der Waals surface area contributed by atoms with Crippen molar-refractivity contribution in [3.05, 3.63) is 42.0 Å². The highest BCUT2D eigenvalue weighted by molar-refractivity contribution is 5.77. The normalized spacial score (nSPS) is 11.2. The fourth-order valence-electron chi connectivity index (χ4n) is 2.74. The van der Waals surface area contributed by atoms with Gasteiger partial charge >= 0.3 is 0 Å². The Morgan fingerprint density at radius 1 is 1.21 bits per heavy atom. The zero-order valence-electron chi connectivity index (χ0n) is 14.5. The van der Waals surface area contributed by atoms with Crippen molar-refractivity contribution in [3.63, 3.8) is 0 Å². The van der Waals surface area contributed by atoms with Crippen LogP contribution in [0.25, 0.3) is 11.2 Å². The van der Waals surface area contributed by atoms with Crippen molar-refractivity contribution in [3.8, 4) is 11.6 Å². The molecule has 0 spiro atoms. The van der Waals surface area contributed by atoms with Crippen molar-refractivity contribution in [2.24, 2.45) is 0 Å². The number of hydrogen-bond donors (Lipinski definition) is 0. The van der Waals surface area contributed by atoms with Crippen LogP contribution in [-0.2, 0) is 13.0 Å². The molecule has 0 fully saturated rings. The van der Waals surface area contributed by atoms with E-state index in [0.29, 0.717) is 18.0 Å². The van der Waals surface area contributed by atoms with E-state index in [1.807, 2.05) is 24.3 Å². The quantitative estimate of drug-likeness (QED) is 0.693. The number of rotatable bonds is 6. The Balaban J connectivity index is 1.92. The van der Waals surface area contributed by atoms with Gasteiger partial charge in [-0.15, -0.1) is 0 Å². The van der Waals surface area contributed by atoms with Crippen LogP contribution in [0.15, 0.2) is 30.6 Å². The van der Waals surface area contributed by atoms with Gasteiger partial charge in [0.05, 0.1) is 7.11 Å². The Hall–Kier alpha value is -2.63. The monoisotopic (exact) mass is 326 g/mol. The van der Waals surface area contributed by atoms with Crippen LogP contribution in [0.2, 0.25) is 0 Å². The minimum Gasteiger partial charge on any atom is -0.497 e. The van der Waals surface area contributed by atoms with E-state index in [2.05, 4.69) is 40.3 Å². The molecule has 0 atom stereocenters. The summed E-state index contributed by atoms with van der Waals surface area (Å²) in [5, 5.41) is 0. The minimum absolute atomic E-state index is 0.283. The lowest BCUT2D eigenvalue weighted by atomic mass is 10.2. The molecule has 0 saturated carbocycles. The first-order valence-electron chi connectivity index (χ1n) is 8.11. The summed E-state index contributed by atoms with van der Waals surface area (Å²) in [5.41, 5.74) is 2.54. The Bertz CT molecular complexity index is 842. The van der Waals surface area contributed by atoms with Gasteiger partial charge in [-0.2, -0.15) is 4.98 Å². The Morgan fingerprint density at radius 2 is 2.04 bits per heavy atom. The largest absolute Gasteiger partial charge is 0.497 e. The summed E-state index contributed by atoms with van der Waals surface area (Å²) in [6.45, 7) is 6.74. The number of methoxy groups -OCH3 is 1. The molecule has 24 heavy (non-hydrogen) atoms. The van der Waals surface area contributed by atoms with Crippen molar-refractivity contribution in [2.45, 2.75) is 39.8 Å². The number of imidazole rings is 1. The Morgan fingerprint density at radius 3 is 2.75 bits per heavy atom. The van der Waals surface area contributed by atoms with E-state index in [1.165, 1.54) is 6.33 Å². The van der Waals surface area contributed by atoms with Crippen LogP contribution in [0.5, 0.6) is 11.6 Å². The number of fused-ring (bicyclic) bond motifs is 1. The second kappa shape index (κ2) is 6.86. The van der Waals surface area contributed by atoms with Crippen LogP contribution in [0.4, 0.5) is 0 Å². The summed E-state index contributed by atoms with van der Waals surface area (Å²) in [7, 11) is 1.65. The van der Waals surface area contributed by atoms with Gasteiger partial charge in [0, 0.05) is 12.5 Å². The number of ether oxygens (including phenoxy) is 2. The maximum absolute atomic E-state index is 5.91. The Labute approximate surface area is 141 Å². The highest BCUT2D eigenvalue weighted by Crippen LogP contribution is 2.26. The average Bonchev–Trinajstić information content (AvgIpc) is 2.99. The van der Waals surface area contributed by atoms with Crippen LogP contribution in [0, 0.1) is 0 Å². The molecular weight excluding hydrogens is 304 g/mol. The molecule has 0 radical (unpaired) electrons. The molecule has 2 heterocycles. The molecular formula is C18H22N4O2. The molecule has 0 N–H and O–H groups in total. The third-order valence-electron chi connectivity index (χ3n) is 3.86. The van der Waals surface area contributed by atoms with Crippen LogP contribution in [-0.4, -0.2) is 26.6 Å². The van der Waals surface area contributed by atoms with E-state index in [0.717, 1.165) is 29.2 Å². The van der Waals surface area contributed by atoms with E-state index in [4.69, 9.17) is 9.47 Å². The van der Waals surface area contributed by atoms with Crippen LogP contribution < -0.4 is 9.47 Å². The number of hydrogen-bond acceptors (Lipinski definition) is 5. The molecule has 3 rings (SSSR count). The lowest BCUT2D eigenvalue weighted by Gasteiger charge is -2.11. The molecule has 0 aliphatic rings. The summed E-state index contributed by atoms with van der Waals surface area (Å²) in [6, 6.07) is 8.07. The highest BCUT2D eigenvalue weighted by atomic mass is 16.5. The van der Waals surface area contributed by atoms with Gasteiger partial charge in [-0.1, -0.05) is 19.1 Å². The molecule has 0 saturated heterocycles. The van der Waals surface area contributed by atoms with Crippen molar-refractivity contribution in [1.82, 2.24) is 19.5 Å². The molecule has 6 heteroatoms. The van der Waals surface area contributed by atoms with Crippen LogP contribution in [0.1, 0.15) is 38.2 Å². The lowest BCUT2D eigenvalue weighted by Crippen LogP contribution is -2.06. The van der Waals surface area contributed by atoms with Gasteiger partial charge in [-0.05, 0) is 31.5 Å². The van der Waals surface area contributed by atoms with Crippen molar-refractivity contribution in [1.29, 1.82) is 0 Å². The standard InChI is InChI=1S/C18H22N4O2/c1-5-15-21-16-17(22(15)12(2)3)19-11-20-18(16)24-10-13-7-6-8-14(9-13)23-4/h6-9,11-12H,5,10H2,1-4H3. The summed E-state index contributed by atoms with van der Waals surface area (Å²) in [5.74, 6) is 2.31. The van der Waals surface area contributed by atoms with Gasteiger partial charge in [0.2, 0.25) is 5.88 Å². The summed E-state index contributed by atoms with van der Waals surface area (Å²) in [4.78, 5) is 13.4. The summed E-state index contributed by atoms with van der Waals surface area (Å²) in [6.07, 6.45) is 2.37. The maximum Gasteiger partial charge on any atom is 0.245 e. The third-order valence-corrected chi connectivity index (χ3v) is 3.86. The number of aryl methyl sites for hydroxylation is 1. The van der Waals surface area contributed by atoms with E-state index < -0.39 is 0 Å². The summed E-state index contributed by atoms with van der Waals surface area (Å²) < 4.78 is 13.3. The van der Waals surface area contributed by atoms with Gasteiger partial charge in [0.15, 0.2) is 11.2 Å². The van der Waals surface area contributed by atoms with E-state index >= 15 is 0 Å². The number of nitrogens with zero attached hydrogens (tertiary/aromatic N) is 4. The summed E-state index contributed by atoms with van der Waals surface area (Å²) >= 11 is 0. The first-order valence-corrected chi connectivity index (χ1v) is 8.11. The van der Waals surface area contributed by atoms with Gasteiger partial charge in [-0.3, -0.25) is 0 Å². The van der Waals surface area contributed by atoms with E-state index in [-0.39, 0.29) is 6.04 Å². The molecule has 0 aliphatic heterocycles. The fourth-order valence-corrected chi connectivity index (χ4v) is 2.74. The average molecular weight is 326 g/mol. The minimum atomic E-state index is 0.283. The number of benzene rings is 1. The molecule has 3 aromatic rings. The molecule has 0 aliphatic carbocycles. The smallest absolute Gasteiger partial charge is 0.245 e. The molecule has 126 valence electrons. The molecule has 6 nitrogen and oxygen atoms in total. The Kier molecular flexibility index (Phi) is 4.64. The lowest BCUT2D eigenvalue weighted by molar-refractivity contribution is 0.296. The van der Waals surface area contributed by atoms with Gasteiger partial charge < -0.3 is 14.0 Å². The van der Waals surface area contributed by atoms with Crippen LogP contribution >= 0.6 is 0 Å². The first-order chi connectivity index (χ1) is 11.6. The zero-order valence-corrected chi connectivity index (χ0v) is 14.5. The second-order valence-electron chi connectivity index (χ2n) is 5.84. The van der Waals surface area contributed by atoms with Gasteiger partial charge in [0.1, 0.15) is 24.5 Å². The van der Waals surface area contributed by atoms with Crippen LogP contribution in [0.3, 0.4) is 0 Å². The highest BCUT2D eigenvalue weighted by Gasteiger charge is 2.17. The van der Waals surface area contributed by atoms with E-state index in [1.54, 1.807) is 7.11 Å². The van der Waals surface area contributed by atoms with Crippen molar-refractivity contribution >= 4 is 11.2 Å². The van der Waals surface area contributed by atoms with E-state index in [9.17, 15) is 0 Å². The van der Waals surface area contributed by atoms with Gasteiger partial charge in [-0.25, -0.2) is 9.97 Å². The third kappa shape index (κ3) is 3.04. The zero-order chi connectivity index (χ0) is 17.1. The maximum atomic E-state index is 5.91. The molecule has 0 amide bonds. The SMILES string of the molecule is CCc1nc2c(OCc3cccc(OC)c3)ncnc2n1C(C)C. The van der Waals surface area contributed by atoms with Crippen molar-refractivity contribution < 1.29 is 9.47 Å². The number of aromatic nitrogens is 4. The van der Waals surface area contributed by atoms with Gasteiger partial charge in [0.25, 0.3) is 0 Å². The molecule has 2 aromatic heterocycles. The predicted molar refractivity (Wildman–Crippen MR) is 92.4 cm³/mol. The molecule has 0 bridgehead atoms. The molecule has 1 aromatic carbocycles.